The first kappa shape index (κ1) is 10.9. The normalized spacial score (nSPS) is 14.4. The molecule has 2 rings (SSSR count). The molecule has 2 aromatic carbocycles. The van der Waals surface area contributed by atoms with Crippen molar-refractivity contribution in [3.63, 3.8) is 0 Å². The molecule has 2 atom stereocenters. The van der Waals surface area contributed by atoms with Gasteiger partial charge in [0.05, 0.1) is 0 Å². The van der Waals surface area contributed by atoms with Gasteiger partial charge < -0.3 is 5.73 Å². The van der Waals surface area contributed by atoms with Crippen LogP contribution in [0.25, 0.3) is 0 Å². The van der Waals surface area contributed by atoms with Gasteiger partial charge in [-0.3, -0.25) is 0 Å². The molecule has 0 amide bonds. The minimum Gasteiger partial charge on any atom is -0.323 e. The lowest BCUT2D eigenvalue weighted by atomic mass is 9.89. The number of rotatable bonds is 3. The summed E-state index contributed by atoms with van der Waals surface area (Å²) >= 11 is 0. The summed E-state index contributed by atoms with van der Waals surface area (Å²) in [5.41, 5.74) is 8.75. The summed E-state index contributed by atoms with van der Waals surface area (Å²) in [5, 5.41) is 0. The third kappa shape index (κ3) is 2.31. The molecule has 1 nitrogen and oxygen atoms in total. The molecule has 16 heavy (non-hydrogen) atoms. The summed E-state index contributed by atoms with van der Waals surface area (Å²) in [6.45, 7) is 2.17. The van der Waals surface area contributed by atoms with E-state index in [1.54, 1.807) is 0 Å². The van der Waals surface area contributed by atoms with Crippen LogP contribution in [0.5, 0.6) is 0 Å². The Hall–Kier alpha value is -1.60. The Balaban J connectivity index is 2.20. The standard InChI is InChI=1S/C15H17N/c1-12(13-8-4-2-5-9-13)15(16)14-10-6-3-7-11-14/h2-12,15H,16H2,1H3/t12?,15-/m0/s1. The van der Waals surface area contributed by atoms with Crippen molar-refractivity contribution in [2.45, 2.75) is 18.9 Å². The maximum atomic E-state index is 6.27. The van der Waals surface area contributed by atoms with Crippen molar-refractivity contribution in [3.8, 4) is 0 Å². The second-order valence-electron chi connectivity index (χ2n) is 4.14. The largest absolute Gasteiger partial charge is 0.323 e. The molecule has 1 unspecified atom stereocenters. The Morgan fingerprint density at radius 1 is 0.750 bits per heavy atom. The molecular formula is C15H17N. The summed E-state index contributed by atoms with van der Waals surface area (Å²) in [6.07, 6.45) is 0. The van der Waals surface area contributed by atoms with Crippen molar-refractivity contribution < 1.29 is 0 Å². The second-order valence-corrected chi connectivity index (χ2v) is 4.14. The van der Waals surface area contributed by atoms with E-state index in [1.807, 2.05) is 24.3 Å². The average Bonchev–Trinajstić information content (AvgIpc) is 2.39. The highest BCUT2D eigenvalue weighted by atomic mass is 14.6. The lowest BCUT2D eigenvalue weighted by Crippen LogP contribution is -2.17. The summed E-state index contributed by atoms with van der Waals surface area (Å²) in [4.78, 5) is 0. The summed E-state index contributed by atoms with van der Waals surface area (Å²) in [7, 11) is 0. The average molecular weight is 211 g/mol. The molecule has 0 radical (unpaired) electrons. The van der Waals surface area contributed by atoms with E-state index >= 15 is 0 Å². The molecule has 2 aromatic rings. The van der Waals surface area contributed by atoms with Gasteiger partial charge in [0.15, 0.2) is 0 Å². The molecule has 0 aliphatic heterocycles. The van der Waals surface area contributed by atoms with E-state index in [1.165, 1.54) is 11.1 Å². The highest BCUT2D eigenvalue weighted by Gasteiger charge is 2.15. The Morgan fingerprint density at radius 3 is 1.69 bits per heavy atom. The quantitative estimate of drug-likeness (QED) is 0.826. The van der Waals surface area contributed by atoms with Crippen LogP contribution in [-0.2, 0) is 0 Å². The molecule has 0 saturated carbocycles. The third-order valence-corrected chi connectivity index (χ3v) is 3.05. The molecule has 0 aromatic heterocycles. The van der Waals surface area contributed by atoms with Crippen LogP contribution in [0, 0.1) is 0 Å². The van der Waals surface area contributed by atoms with Gasteiger partial charge in [0.25, 0.3) is 0 Å². The predicted molar refractivity (Wildman–Crippen MR) is 68.2 cm³/mol. The highest BCUT2D eigenvalue weighted by Crippen LogP contribution is 2.27. The molecular weight excluding hydrogens is 194 g/mol. The lowest BCUT2D eigenvalue weighted by Gasteiger charge is -2.20. The van der Waals surface area contributed by atoms with Crippen LogP contribution in [0.1, 0.15) is 30.0 Å². The Kier molecular flexibility index (Phi) is 3.37. The van der Waals surface area contributed by atoms with Gasteiger partial charge in [-0.2, -0.15) is 0 Å². The van der Waals surface area contributed by atoms with E-state index in [-0.39, 0.29) is 6.04 Å². The fourth-order valence-electron chi connectivity index (χ4n) is 1.93. The summed E-state index contributed by atoms with van der Waals surface area (Å²) in [5.74, 6) is 0.337. The van der Waals surface area contributed by atoms with Crippen LogP contribution < -0.4 is 5.73 Å². The van der Waals surface area contributed by atoms with Gasteiger partial charge in [0, 0.05) is 12.0 Å². The fourth-order valence-corrected chi connectivity index (χ4v) is 1.93. The molecule has 0 heterocycles. The van der Waals surface area contributed by atoms with Gasteiger partial charge in [-0.25, -0.2) is 0 Å². The second kappa shape index (κ2) is 4.95. The Morgan fingerprint density at radius 2 is 1.19 bits per heavy atom. The monoisotopic (exact) mass is 211 g/mol. The van der Waals surface area contributed by atoms with Crippen molar-refractivity contribution >= 4 is 0 Å². The van der Waals surface area contributed by atoms with Crippen LogP contribution in [0.2, 0.25) is 0 Å². The minimum absolute atomic E-state index is 0.0589. The van der Waals surface area contributed by atoms with Crippen LogP contribution >= 0.6 is 0 Å². The van der Waals surface area contributed by atoms with E-state index in [9.17, 15) is 0 Å². The van der Waals surface area contributed by atoms with Crippen molar-refractivity contribution in [1.29, 1.82) is 0 Å². The molecule has 0 saturated heterocycles. The zero-order valence-electron chi connectivity index (χ0n) is 9.51. The summed E-state index contributed by atoms with van der Waals surface area (Å²) < 4.78 is 0. The summed E-state index contributed by atoms with van der Waals surface area (Å²) in [6, 6.07) is 20.7. The van der Waals surface area contributed by atoms with Crippen molar-refractivity contribution in [2.75, 3.05) is 0 Å². The predicted octanol–water partition coefficient (Wildman–Crippen LogP) is 3.49. The van der Waals surface area contributed by atoms with Crippen molar-refractivity contribution in [2.24, 2.45) is 5.73 Å². The van der Waals surface area contributed by atoms with Crippen LogP contribution in [0.15, 0.2) is 60.7 Å². The van der Waals surface area contributed by atoms with Crippen LogP contribution in [0.4, 0.5) is 0 Å². The highest BCUT2D eigenvalue weighted by molar-refractivity contribution is 5.26. The Bertz CT molecular complexity index is 378. The molecule has 0 bridgehead atoms. The van der Waals surface area contributed by atoms with Gasteiger partial charge in [0.1, 0.15) is 0 Å². The zero-order valence-corrected chi connectivity index (χ0v) is 9.51. The molecule has 0 aliphatic carbocycles. The van der Waals surface area contributed by atoms with E-state index in [0.29, 0.717) is 5.92 Å². The molecule has 0 spiro atoms. The first-order valence-electron chi connectivity index (χ1n) is 5.64. The molecule has 2 N–H and O–H groups in total. The first-order valence-corrected chi connectivity index (χ1v) is 5.64. The van der Waals surface area contributed by atoms with Crippen molar-refractivity contribution in [1.82, 2.24) is 0 Å². The van der Waals surface area contributed by atoms with E-state index in [4.69, 9.17) is 5.73 Å². The minimum atomic E-state index is 0.0589. The topological polar surface area (TPSA) is 26.0 Å². The fraction of sp³-hybridized carbons (Fsp3) is 0.200. The molecule has 82 valence electrons. The smallest absolute Gasteiger partial charge is 0.0361 e. The van der Waals surface area contributed by atoms with E-state index < -0.39 is 0 Å². The maximum Gasteiger partial charge on any atom is 0.0361 e. The first-order chi connectivity index (χ1) is 7.79. The number of benzene rings is 2. The zero-order chi connectivity index (χ0) is 11.4. The third-order valence-electron chi connectivity index (χ3n) is 3.05. The van der Waals surface area contributed by atoms with Gasteiger partial charge in [0.2, 0.25) is 0 Å². The molecule has 1 heteroatoms. The van der Waals surface area contributed by atoms with Crippen LogP contribution in [0.3, 0.4) is 0 Å². The van der Waals surface area contributed by atoms with Gasteiger partial charge >= 0.3 is 0 Å². The Labute approximate surface area is 96.9 Å². The maximum absolute atomic E-state index is 6.27. The SMILES string of the molecule is CC(c1ccccc1)[C@H](N)c1ccccc1. The number of hydrogen-bond donors (Lipinski definition) is 1. The van der Waals surface area contributed by atoms with Gasteiger partial charge in [-0.15, -0.1) is 0 Å². The lowest BCUT2D eigenvalue weighted by molar-refractivity contribution is 0.598. The van der Waals surface area contributed by atoms with Crippen molar-refractivity contribution in [3.05, 3.63) is 71.8 Å². The molecule has 0 aliphatic rings. The van der Waals surface area contributed by atoms with Gasteiger partial charge in [-0.1, -0.05) is 67.6 Å². The van der Waals surface area contributed by atoms with Gasteiger partial charge in [-0.05, 0) is 11.1 Å². The van der Waals surface area contributed by atoms with Crippen LogP contribution in [-0.4, -0.2) is 0 Å². The van der Waals surface area contributed by atoms with E-state index in [2.05, 4.69) is 43.3 Å². The van der Waals surface area contributed by atoms with E-state index in [0.717, 1.165) is 0 Å². The molecule has 0 fully saturated rings. The number of nitrogens with two attached hydrogens (primary N) is 1. The number of hydrogen-bond acceptors (Lipinski definition) is 1.